The SMILES string of the molecule is CC1C(Br)=CSC1[C@]1(C)C[C@@H](C(F)(F)F)OC(N)=N1. The molecule has 0 bridgehead atoms. The van der Waals surface area contributed by atoms with E-state index in [1.54, 1.807) is 6.92 Å². The standard InChI is InChI=1S/C11H14BrF3N2OS/c1-5-6(12)4-19-8(5)10(2)3-7(11(13,14)15)18-9(16)17-10/h4-5,7-8H,3H2,1-2H3,(H2,16,17)/t5?,7-,8?,10-/m0/s1. The first-order valence-corrected chi connectivity index (χ1v) is 7.47. The molecule has 8 heteroatoms. The van der Waals surface area contributed by atoms with Gasteiger partial charge in [0, 0.05) is 22.1 Å². The van der Waals surface area contributed by atoms with Crippen molar-refractivity contribution < 1.29 is 17.9 Å². The molecule has 2 N–H and O–H groups in total. The highest BCUT2D eigenvalue weighted by Crippen LogP contribution is 2.48. The Morgan fingerprint density at radius 2 is 2.21 bits per heavy atom. The largest absolute Gasteiger partial charge is 0.452 e. The number of hydrogen-bond acceptors (Lipinski definition) is 4. The Morgan fingerprint density at radius 1 is 1.58 bits per heavy atom. The summed E-state index contributed by atoms with van der Waals surface area (Å²) in [7, 11) is 0. The lowest BCUT2D eigenvalue weighted by Crippen LogP contribution is -2.51. The molecular weight excluding hydrogens is 345 g/mol. The van der Waals surface area contributed by atoms with Crippen LogP contribution in [0.3, 0.4) is 0 Å². The zero-order valence-electron chi connectivity index (χ0n) is 10.4. The second-order valence-corrected chi connectivity index (χ2v) is 6.94. The van der Waals surface area contributed by atoms with Gasteiger partial charge in [0.25, 0.3) is 6.02 Å². The van der Waals surface area contributed by atoms with Crippen LogP contribution >= 0.6 is 27.7 Å². The van der Waals surface area contributed by atoms with E-state index in [1.807, 2.05) is 12.3 Å². The zero-order valence-corrected chi connectivity index (χ0v) is 12.8. The maximum Gasteiger partial charge on any atom is 0.425 e. The molecule has 0 aromatic heterocycles. The van der Waals surface area contributed by atoms with Gasteiger partial charge in [0.2, 0.25) is 0 Å². The van der Waals surface area contributed by atoms with Crippen molar-refractivity contribution in [1.29, 1.82) is 0 Å². The Labute approximate surface area is 122 Å². The second kappa shape index (κ2) is 4.87. The molecule has 0 spiro atoms. The minimum absolute atomic E-state index is 0.0887. The molecule has 2 unspecified atom stereocenters. The fraction of sp³-hybridized carbons (Fsp3) is 0.727. The lowest BCUT2D eigenvalue weighted by molar-refractivity contribution is -0.207. The number of nitrogens with two attached hydrogens (primary N) is 1. The molecule has 4 atom stereocenters. The third-order valence-corrected chi connectivity index (χ3v) is 6.28. The number of alkyl halides is 3. The van der Waals surface area contributed by atoms with Gasteiger partial charge >= 0.3 is 6.18 Å². The van der Waals surface area contributed by atoms with Gasteiger partial charge in [0.05, 0.1) is 5.54 Å². The average Bonchev–Trinajstić information content (AvgIpc) is 2.57. The average molecular weight is 359 g/mol. The molecule has 0 amide bonds. The van der Waals surface area contributed by atoms with Crippen LogP contribution < -0.4 is 5.73 Å². The molecular formula is C11H14BrF3N2OS. The van der Waals surface area contributed by atoms with Crippen molar-refractivity contribution in [2.45, 2.75) is 43.3 Å². The number of amidine groups is 1. The summed E-state index contributed by atoms with van der Waals surface area (Å²) < 4.78 is 44.2. The number of rotatable bonds is 1. The van der Waals surface area contributed by atoms with E-state index in [9.17, 15) is 13.2 Å². The predicted molar refractivity (Wildman–Crippen MR) is 73.1 cm³/mol. The Balaban J connectivity index is 2.26. The molecule has 2 aliphatic rings. The Hall–Kier alpha value is -0.370. The number of hydrogen-bond donors (Lipinski definition) is 1. The number of thioether (sulfide) groups is 1. The van der Waals surface area contributed by atoms with E-state index >= 15 is 0 Å². The van der Waals surface area contributed by atoms with E-state index < -0.39 is 17.8 Å². The lowest BCUT2D eigenvalue weighted by atomic mass is 9.84. The third kappa shape index (κ3) is 2.89. The van der Waals surface area contributed by atoms with Crippen LogP contribution in [0, 0.1) is 5.92 Å². The van der Waals surface area contributed by atoms with Crippen LogP contribution in [0.5, 0.6) is 0 Å². The van der Waals surface area contributed by atoms with Crippen molar-refractivity contribution in [1.82, 2.24) is 0 Å². The summed E-state index contributed by atoms with van der Waals surface area (Å²) in [5, 5.41) is 1.82. The minimum Gasteiger partial charge on any atom is -0.452 e. The second-order valence-electron chi connectivity index (χ2n) is 5.01. The molecule has 2 heterocycles. The van der Waals surface area contributed by atoms with Gasteiger partial charge < -0.3 is 10.5 Å². The molecule has 0 radical (unpaired) electrons. The van der Waals surface area contributed by atoms with Crippen molar-refractivity contribution in [3.05, 3.63) is 9.89 Å². The number of aliphatic imine (C=N–C) groups is 1. The molecule has 0 aromatic carbocycles. The van der Waals surface area contributed by atoms with E-state index in [4.69, 9.17) is 5.73 Å². The maximum absolute atomic E-state index is 12.9. The number of nitrogens with zero attached hydrogens (tertiary/aromatic N) is 1. The summed E-state index contributed by atoms with van der Waals surface area (Å²) in [5.74, 6) is 0.0959. The molecule has 0 aromatic rings. The van der Waals surface area contributed by atoms with Gasteiger partial charge in [-0.15, -0.1) is 11.8 Å². The number of halogens is 4. The summed E-state index contributed by atoms with van der Waals surface area (Å²) >= 11 is 4.90. The summed E-state index contributed by atoms with van der Waals surface area (Å²) in [6, 6.07) is -0.383. The van der Waals surface area contributed by atoms with Crippen molar-refractivity contribution in [3.8, 4) is 0 Å². The molecule has 2 aliphatic heterocycles. The Kier molecular flexibility index (Phi) is 3.85. The summed E-state index contributed by atoms with van der Waals surface area (Å²) in [4.78, 5) is 4.14. The third-order valence-electron chi connectivity index (χ3n) is 3.42. The van der Waals surface area contributed by atoms with Crippen molar-refractivity contribution >= 4 is 33.7 Å². The monoisotopic (exact) mass is 358 g/mol. The summed E-state index contributed by atoms with van der Waals surface area (Å²) in [5.41, 5.74) is 4.54. The molecule has 0 aliphatic carbocycles. The van der Waals surface area contributed by atoms with Crippen LogP contribution in [-0.2, 0) is 4.74 Å². The molecule has 19 heavy (non-hydrogen) atoms. The van der Waals surface area contributed by atoms with Crippen LogP contribution in [0.2, 0.25) is 0 Å². The van der Waals surface area contributed by atoms with E-state index in [0.29, 0.717) is 0 Å². The highest BCUT2D eigenvalue weighted by molar-refractivity contribution is 9.11. The topological polar surface area (TPSA) is 47.6 Å². The van der Waals surface area contributed by atoms with Crippen LogP contribution in [0.1, 0.15) is 20.3 Å². The molecule has 0 saturated carbocycles. The first-order chi connectivity index (χ1) is 8.63. The summed E-state index contributed by atoms with van der Waals surface area (Å²) in [6.07, 6.45) is -6.53. The number of ether oxygens (including phenoxy) is 1. The van der Waals surface area contributed by atoms with Gasteiger partial charge in [0.15, 0.2) is 6.10 Å². The van der Waals surface area contributed by atoms with Gasteiger partial charge in [-0.25, -0.2) is 4.99 Å². The van der Waals surface area contributed by atoms with Crippen molar-refractivity contribution in [3.63, 3.8) is 0 Å². The van der Waals surface area contributed by atoms with Crippen molar-refractivity contribution in [2.24, 2.45) is 16.6 Å². The van der Waals surface area contributed by atoms with Crippen LogP contribution in [0.4, 0.5) is 13.2 Å². The first kappa shape index (κ1) is 15.0. The van der Waals surface area contributed by atoms with E-state index in [-0.39, 0.29) is 23.6 Å². The minimum atomic E-state index is -4.43. The van der Waals surface area contributed by atoms with Gasteiger partial charge in [-0.2, -0.15) is 13.2 Å². The molecule has 108 valence electrons. The van der Waals surface area contributed by atoms with Gasteiger partial charge in [-0.05, 0) is 12.3 Å². The Morgan fingerprint density at radius 3 is 2.68 bits per heavy atom. The highest BCUT2D eigenvalue weighted by Gasteiger charge is 2.53. The van der Waals surface area contributed by atoms with E-state index in [1.165, 1.54) is 11.8 Å². The van der Waals surface area contributed by atoms with Gasteiger partial charge in [-0.1, -0.05) is 22.9 Å². The van der Waals surface area contributed by atoms with Crippen LogP contribution in [0.15, 0.2) is 14.9 Å². The van der Waals surface area contributed by atoms with Crippen LogP contribution in [-0.4, -0.2) is 29.1 Å². The fourth-order valence-electron chi connectivity index (χ4n) is 2.44. The van der Waals surface area contributed by atoms with E-state index in [0.717, 1.165) is 4.48 Å². The highest BCUT2D eigenvalue weighted by atomic mass is 79.9. The fourth-order valence-corrected chi connectivity index (χ4v) is 4.52. The van der Waals surface area contributed by atoms with Gasteiger partial charge in [-0.3, -0.25) is 0 Å². The molecule has 0 fully saturated rings. The molecule has 2 rings (SSSR count). The predicted octanol–water partition coefficient (Wildman–Crippen LogP) is 3.40. The smallest absolute Gasteiger partial charge is 0.425 e. The van der Waals surface area contributed by atoms with E-state index in [2.05, 4.69) is 25.7 Å². The summed E-state index contributed by atoms with van der Waals surface area (Å²) in [6.45, 7) is 3.66. The van der Waals surface area contributed by atoms with Crippen molar-refractivity contribution in [2.75, 3.05) is 0 Å². The molecule has 3 nitrogen and oxygen atoms in total. The van der Waals surface area contributed by atoms with Gasteiger partial charge in [0.1, 0.15) is 0 Å². The number of allylic oxidation sites excluding steroid dienone is 1. The normalized spacial score (nSPS) is 39.6. The van der Waals surface area contributed by atoms with Crippen LogP contribution in [0.25, 0.3) is 0 Å². The zero-order chi connectivity index (χ0) is 14.4. The maximum atomic E-state index is 12.9. The molecule has 0 saturated heterocycles. The Bertz CT molecular complexity index is 440. The first-order valence-electron chi connectivity index (χ1n) is 5.73. The lowest BCUT2D eigenvalue weighted by Gasteiger charge is -2.40. The quantitative estimate of drug-likeness (QED) is 0.781.